The number of nitrogens with zero attached hydrogens (tertiary/aromatic N) is 3. The average molecular weight is 275 g/mol. The number of rotatable bonds is 6. The summed E-state index contributed by atoms with van der Waals surface area (Å²) in [6.45, 7) is 0.366. The van der Waals surface area contributed by atoms with Crippen molar-refractivity contribution in [1.82, 2.24) is 0 Å². The third kappa shape index (κ3) is 2.69. The van der Waals surface area contributed by atoms with Crippen molar-refractivity contribution in [2.45, 2.75) is 25.3 Å². The lowest BCUT2D eigenvalue weighted by Gasteiger charge is -2.23. The molecule has 104 valence electrons. The predicted molar refractivity (Wildman–Crippen MR) is 70.7 cm³/mol. The number of hydrogen-bond donors (Lipinski definition) is 1. The maximum atomic E-state index is 11.2. The lowest BCUT2D eigenvalue weighted by atomic mass is 10.1. The molecule has 7 heteroatoms. The van der Waals surface area contributed by atoms with Crippen LogP contribution in [0.2, 0.25) is 0 Å². The highest BCUT2D eigenvalue weighted by molar-refractivity contribution is 5.95. The van der Waals surface area contributed by atoms with Gasteiger partial charge >= 0.3 is 11.7 Å². The van der Waals surface area contributed by atoms with E-state index in [1.807, 2.05) is 6.07 Å². The van der Waals surface area contributed by atoms with Crippen LogP contribution in [0.5, 0.6) is 0 Å². The number of aromatic carboxylic acids is 1. The SMILES string of the molecule is N#CCCN(c1cccc(C(=O)O)c1[N+](=O)[O-])C1CC1. The van der Waals surface area contributed by atoms with E-state index in [0.717, 1.165) is 12.8 Å². The number of para-hydroxylation sites is 1. The van der Waals surface area contributed by atoms with Crippen molar-refractivity contribution in [2.24, 2.45) is 0 Å². The Morgan fingerprint density at radius 3 is 2.75 bits per heavy atom. The van der Waals surface area contributed by atoms with Crippen LogP contribution in [-0.2, 0) is 0 Å². The Labute approximate surface area is 115 Å². The monoisotopic (exact) mass is 275 g/mol. The summed E-state index contributed by atoms with van der Waals surface area (Å²) in [5.41, 5.74) is -0.437. The fraction of sp³-hybridized carbons (Fsp3) is 0.385. The summed E-state index contributed by atoms with van der Waals surface area (Å²) in [7, 11) is 0. The first-order valence-electron chi connectivity index (χ1n) is 6.20. The topological polar surface area (TPSA) is 107 Å². The van der Waals surface area contributed by atoms with Crippen LogP contribution in [0.4, 0.5) is 11.4 Å². The summed E-state index contributed by atoms with van der Waals surface area (Å²) in [5.74, 6) is -1.32. The maximum Gasteiger partial charge on any atom is 0.342 e. The highest BCUT2D eigenvalue weighted by atomic mass is 16.6. The maximum absolute atomic E-state index is 11.2. The standard InChI is InChI=1S/C13H13N3O4/c14-7-2-8-15(9-5-6-9)11-4-1-3-10(13(17)18)12(11)16(19)20/h1,3-4,9H,2,5-6,8H2,(H,17,18). The molecular weight excluding hydrogens is 262 g/mol. The third-order valence-corrected chi connectivity index (χ3v) is 3.19. The minimum atomic E-state index is -1.32. The van der Waals surface area contributed by atoms with Crippen LogP contribution in [0.1, 0.15) is 29.6 Å². The average Bonchev–Trinajstić information content (AvgIpc) is 3.23. The molecule has 1 aliphatic carbocycles. The van der Waals surface area contributed by atoms with Crippen molar-refractivity contribution in [3.8, 4) is 6.07 Å². The summed E-state index contributed by atoms with van der Waals surface area (Å²) in [5, 5.41) is 29.0. The number of carboxylic acids is 1. The fourth-order valence-electron chi connectivity index (χ4n) is 2.18. The van der Waals surface area contributed by atoms with Crippen molar-refractivity contribution in [3.05, 3.63) is 33.9 Å². The van der Waals surface area contributed by atoms with E-state index in [9.17, 15) is 14.9 Å². The Morgan fingerprint density at radius 1 is 1.55 bits per heavy atom. The Hall–Kier alpha value is -2.62. The van der Waals surface area contributed by atoms with E-state index in [-0.39, 0.29) is 23.7 Å². The highest BCUT2D eigenvalue weighted by Gasteiger charge is 2.34. The van der Waals surface area contributed by atoms with Crippen LogP contribution in [0, 0.1) is 21.4 Å². The Kier molecular flexibility index (Phi) is 3.84. The van der Waals surface area contributed by atoms with Crippen molar-refractivity contribution >= 4 is 17.3 Å². The van der Waals surface area contributed by atoms with Crippen molar-refractivity contribution in [3.63, 3.8) is 0 Å². The third-order valence-electron chi connectivity index (χ3n) is 3.19. The zero-order chi connectivity index (χ0) is 14.7. The normalized spacial score (nSPS) is 13.6. The van der Waals surface area contributed by atoms with Crippen LogP contribution in [0.15, 0.2) is 18.2 Å². The molecule has 1 saturated carbocycles. The van der Waals surface area contributed by atoms with Crippen LogP contribution in [-0.4, -0.2) is 28.6 Å². The van der Waals surface area contributed by atoms with Crippen LogP contribution in [0.3, 0.4) is 0 Å². The predicted octanol–water partition coefficient (Wildman–Crippen LogP) is 2.18. The number of nitro benzene ring substituents is 1. The van der Waals surface area contributed by atoms with Gasteiger partial charge in [0.15, 0.2) is 0 Å². The smallest absolute Gasteiger partial charge is 0.342 e. The molecule has 0 saturated heterocycles. The molecule has 0 unspecified atom stereocenters. The molecule has 0 bridgehead atoms. The van der Waals surface area contributed by atoms with Crippen molar-refractivity contribution in [1.29, 1.82) is 5.26 Å². The zero-order valence-corrected chi connectivity index (χ0v) is 10.7. The second-order valence-electron chi connectivity index (χ2n) is 4.57. The molecular formula is C13H13N3O4. The first-order valence-corrected chi connectivity index (χ1v) is 6.20. The molecule has 20 heavy (non-hydrogen) atoms. The number of nitriles is 1. The summed E-state index contributed by atoms with van der Waals surface area (Å²) in [6, 6.07) is 6.42. The number of benzene rings is 1. The molecule has 0 aliphatic heterocycles. The van der Waals surface area contributed by atoms with Gasteiger partial charge in [-0.1, -0.05) is 6.07 Å². The van der Waals surface area contributed by atoms with Crippen molar-refractivity contribution < 1.29 is 14.8 Å². The van der Waals surface area contributed by atoms with E-state index in [4.69, 9.17) is 10.4 Å². The van der Waals surface area contributed by atoms with Gasteiger partial charge < -0.3 is 10.0 Å². The van der Waals surface area contributed by atoms with Gasteiger partial charge in [0.25, 0.3) is 0 Å². The lowest BCUT2D eigenvalue weighted by Crippen LogP contribution is -2.27. The first kappa shape index (κ1) is 13.8. The number of hydrogen-bond acceptors (Lipinski definition) is 5. The minimum Gasteiger partial charge on any atom is -0.477 e. The van der Waals surface area contributed by atoms with E-state index >= 15 is 0 Å². The van der Waals surface area contributed by atoms with Gasteiger partial charge in [-0.25, -0.2) is 4.79 Å². The number of anilines is 1. The van der Waals surface area contributed by atoms with Crippen LogP contribution in [0.25, 0.3) is 0 Å². The number of carbonyl (C=O) groups is 1. The molecule has 7 nitrogen and oxygen atoms in total. The molecule has 0 amide bonds. The van der Waals surface area contributed by atoms with Crippen molar-refractivity contribution in [2.75, 3.05) is 11.4 Å². The number of carboxylic acid groups (broad SMARTS) is 1. The number of nitro groups is 1. The van der Waals surface area contributed by atoms with E-state index < -0.39 is 16.6 Å². The molecule has 0 radical (unpaired) electrons. The van der Waals surface area contributed by atoms with Crippen LogP contribution < -0.4 is 4.90 Å². The van der Waals surface area contributed by atoms with Gasteiger partial charge in [-0.2, -0.15) is 5.26 Å². The fourth-order valence-corrected chi connectivity index (χ4v) is 2.18. The minimum absolute atomic E-state index is 0.158. The molecule has 0 aromatic heterocycles. The molecule has 2 rings (SSSR count). The highest BCUT2D eigenvalue weighted by Crippen LogP contribution is 2.38. The van der Waals surface area contributed by atoms with E-state index in [2.05, 4.69) is 0 Å². The summed E-state index contributed by atoms with van der Waals surface area (Å²) in [4.78, 5) is 23.4. The summed E-state index contributed by atoms with van der Waals surface area (Å²) >= 11 is 0. The summed E-state index contributed by atoms with van der Waals surface area (Å²) < 4.78 is 0. The van der Waals surface area contributed by atoms with E-state index in [0.29, 0.717) is 6.54 Å². The second-order valence-corrected chi connectivity index (χ2v) is 4.57. The largest absolute Gasteiger partial charge is 0.477 e. The Balaban J connectivity index is 2.48. The molecule has 1 fully saturated rings. The first-order chi connectivity index (χ1) is 9.56. The molecule has 1 aliphatic rings. The lowest BCUT2D eigenvalue weighted by molar-refractivity contribution is -0.384. The zero-order valence-electron chi connectivity index (χ0n) is 10.7. The van der Waals surface area contributed by atoms with Gasteiger partial charge in [0, 0.05) is 12.6 Å². The summed E-state index contributed by atoms with van der Waals surface area (Å²) in [6.07, 6.45) is 2.05. The van der Waals surface area contributed by atoms with Gasteiger partial charge in [0.05, 0.1) is 17.4 Å². The quantitative estimate of drug-likeness (QED) is 0.629. The van der Waals surface area contributed by atoms with Gasteiger partial charge in [-0.05, 0) is 25.0 Å². The van der Waals surface area contributed by atoms with Crippen LogP contribution >= 0.6 is 0 Å². The Bertz CT molecular complexity index is 590. The molecule has 1 aromatic carbocycles. The second kappa shape index (κ2) is 5.57. The van der Waals surface area contributed by atoms with Gasteiger partial charge in [-0.15, -0.1) is 0 Å². The van der Waals surface area contributed by atoms with Gasteiger partial charge in [-0.3, -0.25) is 10.1 Å². The van der Waals surface area contributed by atoms with Gasteiger partial charge in [0.1, 0.15) is 11.3 Å². The molecule has 0 spiro atoms. The molecule has 0 atom stereocenters. The van der Waals surface area contributed by atoms with E-state index in [1.54, 1.807) is 11.0 Å². The molecule has 1 aromatic rings. The molecule has 0 heterocycles. The van der Waals surface area contributed by atoms with Gasteiger partial charge in [0.2, 0.25) is 0 Å². The van der Waals surface area contributed by atoms with E-state index in [1.165, 1.54) is 12.1 Å². The molecule has 1 N–H and O–H groups in total. The Morgan fingerprint density at radius 2 is 2.25 bits per heavy atom.